The lowest BCUT2D eigenvalue weighted by atomic mass is 10.1. The van der Waals surface area contributed by atoms with Gasteiger partial charge in [0, 0.05) is 12.8 Å². The first-order valence-corrected chi connectivity index (χ1v) is 26.4. The molecule has 366 valence electrons. The topological polar surface area (TPSA) is 208 Å². The minimum Gasteiger partial charge on any atom is -0.462 e. The van der Waals surface area contributed by atoms with Crippen LogP contribution in [-0.4, -0.2) is 82.6 Å². The van der Waals surface area contributed by atoms with E-state index < -0.39 is 66.2 Å². The summed E-state index contributed by atoms with van der Waals surface area (Å²) in [5.41, 5.74) is 0. The Morgan fingerprint density at radius 1 is 0.531 bits per heavy atom. The Bertz CT molecular complexity index is 1510. The van der Waals surface area contributed by atoms with Crippen LogP contribution in [0.4, 0.5) is 0 Å². The SMILES string of the molecule is CCCCC/C=C\C/C=C\C/C=C\C/C=C\CCCCCC(=O)O[C@H](COC(=O)CCC/C=C\C/C=C\CC1OC1C/C=C\CCCCC)COP(=O)(O)OC[C@@H](O)COP(=O)(O)O. The maximum atomic E-state index is 12.7. The van der Waals surface area contributed by atoms with Crippen molar-refractivity contribution in [1.82, 2.24) is 0 Å². The fraction of sp³-hybridized carbons (Fsp3) is 0.667. The van der Waals surface area contributed by atoms with Crippen LogP contribution in [0.5, 0.6) is 0 Å². The van der Waals surface area contributed by atoms with Gasteiger partial charge in [0.1, 0.15) is 12.7 Å². The number of esters is 2. The van der Waals surface area contributed by atoms with Crippen LogP contribution < -0.4 is 0 Å². The van der Waals surface area contributed by atoms with Gasteiger partial charge in [-0.05, 0) is 96.3 Å². The molecule has 14 nitrogen and oxygen atoms in total. The molecule has 3 unspecified atom stereocenters. The van der Waals surface area contributed by atoms with Crippen molar-refractivity contribution >= 4 is 27.6 Å². The molecular weight excluding hydrogens is 862 g/mol. The molecule has 16 heteroatoms. The van der Waals surface area contributed by atoms with Crippen LogP contribution >= 0.6 is 15.6 Å². The summed E-state index contributed by atoms with van der Waals surface area (Å²) >= 11 is 0. The first-order valence-electron chi connectivity index (χ1n) is 23.4. The highest BCUT2D eigenvalue weighted by Crippen LogP contribution is 2.44. The van der Waals surface area contributed by atoms with Crippen molar-refractivity contribution in [3.63, 3.8) is 0 Å². The molecule has 64 heavy (non-hydrogen) atoms. The molecule has 4 N–H and O–H groups in total. The molecule has 0 aliphatic carbocycles. The maximum absolute atomic E-state index is 12.7. The highest BCUT2D eigenvalue weighted by Gasteiger charge is 2.36. The van der Waals surface area contributed by atoms with Crippen molar-refractivity contribution in [3.05, 3.63) is 85.1 Å². The molecule has 1 rings (SSSR count). The lowest BCUT2D eigenvalue weighted by Crippen LogP contribution is -2.30. The average molecular weight is 943 g/mol. The molecule has 0 saturated carbocycles. The minimum absolute atomic E-state index is 0.0748. The molecule has 1 saturated heterocycles. The van der Waals surface area contributed by atoms with Crippen LogP contribution in [0.2, 0.25) is 0 Å². The standard InChI is InChI=1S/C48H80O14P2/c1-3-5-7-9-11-12-13-14-15-16-17-18-19-20-21-22-25-30-34-38-48(51)61-44(42-60-64(55,56)59-40-43(49)39-58-63(52,53)54)41-57-47(50)37-33-29-26-23-24-28-32-36-46-45(62-46)35-31-27-10-8-6-4-2/h11-12,14-15,17-18,20-21,23,26-28,31-32,43-46,49H,3-10,13,16,19,22,24-25,29-30,33-42H2,1-2H3,(H,55,56)(H2,52,53,54)/b12-11-,15-14-,18-17-,21-20-,26-23-,31-27-,32-28-/t43-,44+,45?,46?/m0/s1. The first kappa shape index (κ1) is 59.3. The van der Waals surface area contributed by atoms with E-state index in [-0.39, 0.29) is 12.8 Å². The van der Waals surface area contributed by atoms with Gasteiger partial charge in [-0.15, -0.1) is 0 Å². The van der Waals surface area contributed by atoms with Crippen LogP contribution in [0.15, 0.2) is 85.1 Å². The van der Waals surface area contributed by atoms with Gasteiger partial charge in [0.25, 0.3) is 0 Å². The van der Waals surface area contributed by atoms with Crippen LogP contribution in [0.3, 0.4) is 0 Å². The van der Waals surface area contributed by atoms with Crippen molar-refractivity contribution in [2.45, 2.75) is 180 Å². The molecule has 0 bridgehead atoms. The highest BCUT2D eigenvalue weighted by atomic mass is 31.2. The summed E-state index contributed by atoms with van der Waals surface area (Å²) in [6.45, 7) is 1.59. The molecule has 1 aliphatic heterocycles. The van der Waals surface area contributed by atoms with Crippen LogP contribution in [0.25, 0.3) is 0 Å². The number of carbonyl (C=O) groups excluding carboxylic acids is 2. The van der Waals surface area contributed by atoms with Gasteiger partial charge >= 0.3 is 27.6 Å². The second kappa shape index (κ2) is 39.4. The number of rotatable bonds is 42. The quantitative estimate of drug-likeness (QED) is 0.0148. The van der Waals surface area contributed by atoms with E-state index in [9.17, 15) is 28.7 Å². The minimum atomic E-state index is -4.88. The summed E-state index contributed by atoms with van der Waals surface area (Å²) in [7, 11) is -9.72. The van der Waals surface area contributed by atoms with Crippen molar-refractivity contribution in [2.75, 3.05) is 26.4 Å². The molecule has 1 aliphatic rings. The fourth-order valence-corrected chi connectivity index (χ4v) is 7.11. The van der Waals surface area contributed by atoms with Crippen molar-refractivity contribution in [1.29, 1.82) is 0 Å². The van der Waals surface area contributed by atoms with E-state index in [1.165, 1.54) is 38.5 Å². The van der Waals surface area contributed by atoms with Gasteiger partial charge in [0.05, 0.1) is 32.0 Å². The Balaban J connectivity index is 2.41. The van der Waals surface area contributed by atoms with E-state index in [4.69, 9.17) is 28.5 Å². The van der Waals surface area contributed by atoms with Gasteiger partial charge in [-0.3, -0.25) is 23.2 Å². The number of aliphatic hydroxyl groups excluding tert-OH is 1. The maximum Gasteiger partial charge on any atom is 0.472 e. The number of phosphoric ester groups is 2. The number of carbonyl (C=O) groups is 2. The molecule has 5 atom stereocenters. The van der Waals surface area contributed by atoms with E-state index in [1.807, 2.05) is 12.2 Å². The number of epoxide rings is 1. The molecule has 0 aromatic carbocycles. The molecule has 0 aromatic rings. The normalized spacial score (nSPS) is 17.8. The van der Waals surface area contributed by atoms with Crippen molar-refractivity contribution in [2.24, 2.45) is 0 Å². The first-order chi connectivity index (χ1) is 30.8. The fourth-order valence-electron chi connectivity index (χ4n) is 5.95. The zero-order chi connectivity index (χ0) is 47.0. The smallest absolute Gasteiger partial charge is 0.462 e. The van der Waals surface area contributed by atoms with Crippen molar-refractivity contribution in [3.8, 4) is 0 Å². The van der Waals surface area contributed by atoms with E-state index in [0.717, 1.165) is 70.6 Å². The highest BCUT2D eigenvalue weighted by molar-refractivity contribution is 7.47. The molecule has 0 aromatic heterocycles. The summed E-state index contributed by atoms with van der Waals surface area (Å²) in [6, 6.07) is 0. The number of allylic oxidation sites excluding steroid dienone is 12. The summed E-state index contributed by atoms with van der Waals surface area (Å²) in [6.07, 6.45) is 47.5. The Morgan fingerprint density at radius 3 is 1.52 bits per heavy atom. The predicted octanol–water partition coefficient (Wildman–Crippen LogP) is 11.3. The van der Waals surface area contributed by atoms with E-state index in [2.05, 4.69) is 95.8 Å². The van der Waals surface area contributed by atoms with Gasteiger partial charge in [-0.25, -0.2) is 9.13 Å². The zero-order valence-electron chi connectivity index (χ0n) is 38.5. The molecule has 0 amide bonds. The number of aliphatic hydroxyl groups is 1. The number of ether oxygens (including phenoxy) is 3. The van der Waals surface area contributed by atoms with E-state index >= 15 is 0 Å². The Hall–Kier alpha value is -2.74. The lowest BCUT2D eigenvalue weighted by Gasteiger charge is -2.20. The average Bonchev–Trinajstić information content (AvgIpc) is 4.02. The third-order valence-electron chi connectivity index (χ3n) is 9.65. The summed E-state index contributed by atoms with van der Waals surface area (Å²) in [5.74, 6) is -1.15. The molecular formula is C48H80O14P2. The van der Waals surface area contributed by atoms with Crippen LogP contribution in [-0.2, 0) is 46.5 Å². The summed E-state index contributed by atoms with van der Waals surface area (Å²) in [5, 5.41) is 9.76. The van der Waals surface area contributed by atoms with Gasteiger partial charge in [-0.1, -0.05) is 131 Å². The van der Waals surface area contributed by atoms with Crippen LogP contribution in [0.1, 0.15) is 155 Å². The van der Waals surface area contributed by atoms with Gasteiger partial charge in [0.2, 0.25) is 0 Å². The number of hydrogen-bond acceptors (Lipinski definition) is 11. The second-order valence-corrected chi connectivity index (χ2v) is 18.4. The molecule has 0 radical (unpaired) electrons. The van der Waals surface area contributed by atoms with Crippen LogP contribution in [0, 0.1) is 0 Å². The predicted molar refractivity (Wildman–Crippen MR) is 252 cm³/mol. The monoisotopic (exact) mass is 943 g/mol. The lowest BCUT2D eigenvalue weighted by molar-refractivity contribution is -0.161. The third kappa shape index (κ3) is 39.6. The Labute approximate surface area is 383 Å². The summed E-state index contributed by atoms with van der Waals surface area (Å²) in [4.78, 5) is 52.8. The molecule has 1 fully saturated rings. The number of hydrogen-bond donors (Lipinski definition) is 4. The number of unbranched alkanes of at least 4 members (excludes halogenated alkanes) is 10. The largest absolute Gasteiger partial charge is 0.472 e. The molecule has 1 heterocycles. The second-order valence-electron chi connectivity index (χ2n) is 15.7. The zero-order valence-corrected chi connectivity index (χ0v) is 40.3. The van der Waals surface area contributed by atoms with Gasteiger partial charge in [0.15, 0.2) is 6.10 Å². The van der Waals surface area contributed by atoms with Crippen molar-refractivity contribution < 1.29 is 66.3 Å². The van der Waals surface area contributed by atoms with Gasteiger partial charge < -0.3 is 34.0 Å². The number of phosphoric acid groups is 2. The third-order valence-corrected chi connectivity index (χ3v) is 11.1. The van der Waals surface area contributed by atoms with E-state index in [0.29, 0.717) is 31.5 Å². The Kier molecular flexibility index (Phi) is 36.5. The summed E-state index contributed by atoms with van der Waals surface area (Å²) < 4.78 is 53.5. The van der Waals surface area contributed by atoms with Gasteiger partial charge in [-0.2, -0.15) is 0 Å². The Morgan fingerprint density at radius 2 is 0.969 bits per heavy atom. The van der Waals surface area contributed by atoms with E-state index in [1.54, 1.807) is 0 Å². The molecule has 0 spiro atoms.